The number of ether oxygens (including phenoxy) is 1. The van der Waals surface area contributed by atoms with Crippen LogP contribution >= 0.6 is 35.0 Å². The molecule has 9 heteroatoms. The first-order valence-electron chi connectivity index (χ1n) is 9.49. The molecule has 1 aliphatic rings. The Morgan fingerprint density at radius 1 is 1.29 bits per heavy atom. The number of carbonyl (C=O) groups is 1. The molecule has 0 aliphatic heterocycles. The molecule has 0 saturated heterocycles. The van der Waals surface area contributed by atoms with Crippen LogP contribution < -0.4 is 10.1 Å². The molecule has 1 aliphatic carbocycles. The van der Waals surface area contributed by atoms with Crippen molar-refractivity contribution in [2.75, 3.05) is 5.75 Å². The standard InChI is InChI=1S/C19H24Cl2N4O2S/c1-2-25-17(11-27-16-9-8-13(20)10-15(16)21)23-24-19(25)28-12-18(26)22-14-6-4-3-5-7-14/h8-10,14H,2-7,11-12H2,1H3,(H,22,26). The highest BCUT2D eigenvalue weighted by Crippen LogP contribution is 2.28. The number of rotatable bonds is 8. The number of thioether (sulfide) groups is 1. The molecule has 0 bridgehead atoms. The van der Waals surface area contributed by atoms with Crippen LogP contribution in [0.2, 0.25) is 10.0 Å². The van der Waals surface area contributed by atoms with Crippen molar-refractivity contribution < 1.29 is 9.53 Å². The summed E-state index contributed by atoms with van der Waals surface area (Å²) in [4.78, 5) is 12.2. The average molecular weight is 443 g/mol. The summed E-state index contributed by atoms with van der Waals surface area (Å²) in [6.45, 7) is 2.93. The molecule has 1 N–H and O–H groups in total. The van der Waals surface area contributed by atoms with E-state index in [1.807, 2.05) is 11.5 Å². The zero-order valence-electron chi connectivity index (χ0n) is 15.8. The molecular weight excluding hydrogens is 419 g/mol. The largest absolute Gasteiger partial charge is 0.484 e. The highest BCUT2D eigenvalue weighted by atomic mass is 35.5. The number of nitrogens with one attached hydrogen (secondary N) is 1. The molecule has 28 heavy (non-hydrogen) atoms. The Hall–Kier alpha value is -1.44. The number of hydrogen-bond donors (Lipinski definition) is 1. The Balaban J connectivity index is 1.54. The number of nitrogens with zero attached hydrogens (tertiary/aromatic N) is 3. The molecule has 0 radical (unpaired) electrons. The van der Waals surface area contributed by atoms with Gasteiger partial charge in [-0.05, 0) is 38.0 Å². The Morgan fingerprint density at radius 2 is 2.07 bits per heavy atom. The van der Waals surface area contributed by atoms with Crippen molar-refractivity contribution in [2.24, 2.45) is 0 Å². The second-order valence-electron chi connectivity index (χ2n) is 6.70. The minimum Gasteiger partial charge on any atom is -0.484 e. The van der Waals surface area contributed by atoms with E-state index in [-0.39, 0.29) is 12.5 Å². The van der Waals surface area contributed by atoms with Crippen LogP contribution in [0.5, 0.6) is 5.75 Å². The van der Waals surface area contributed by atoms with Gasteiger partial charge in [0.05, 0.1) is 10.8 Å². The maximum atomic E-state index is 12.2. The molecule has 1 fully saturated rings. The summed E-state index contributed by atoms with van der Waals surface area (Å²) in [7, 11) is 0. The molecule has 0 unspecified atom stereocenters. The van der Waals surface area contributed by atoms with Crippen LogP contribution in [0.3, 0.4) is 0 Å². The molecule has 2 aromatic rings. The second kappa shape index (κ2) is 10.4. The maximum absolute atomic E-state index is 12.2. The van der Waals surface area contributed by atoms with Crippen LogP contribution in [0.25, 0.3) is 0 Å². The van der Waals surface area contributed by atoms with Gasteiger partial charge in [0.15, 0.2) is 11.0 Å². The Kier molecular flexibility index (Phi) is 7.88. The predicted octanol–water partition coefficient (Wildman–Crippen LogP) is 4.72. The lowest BCUT2D eigenvalue weighted by Crippen LogP contribution is -2.37. The zero-order chi connectivity index (χ0) is 19.9. The molecule has 0 spiro atoms. The summed E-state index contributed by atoms with van der Waals surface area (Å²) in [6, 6.07) is 5.40. The van der Waals surface area contributed by atoms with Crippen LogP contribution in [-0.4, -0.2) is 32.5 Å². The van der Waals surface area contributed by atoms with E-state index in [9.17, 15) is 4.79 Å². The van der Waals surface area contributed by atoms with Gasteiger partial charge in [0.25, 0.3) is 0 Å². The summed E-state index contributed by atoms with van der Waals surface area (Å²) in [5.74, 6) is 1.60. The Bertz CT molecular complexity index is 809. The van der Waals surface area contributed by atoms with Gasteiger partial charge in [-0.3, -0.25) is 4.79 Å². The van der Waals surface area contributed by atoms with Crippen LogP contribution in [0.15, 0.2) is 23.4 Å². The van der Waals surface area contributed by atoms with Gasteiger partial charge < -0.3 is 14.6 Å². The van der Waals surface area contributed by atoms with Gasteiger partial charge in [-0.1, -0.05) is 54.2 Å². The Morgan fingerprint density at radius 3 is 2.79 bits per heavy atom. The van der Waals surface area contributed by atoms with E-state index >= 15 is 0 Å². The fourth-order valence-electron chi connectivity index (χ4n) is 3.23. The second-order valence-corrected chi connectivity index (χ2v) is 8.48. The fourth-order valence-corrected chi connectivity index (χ4v) is 4.53. The smallest absolute Gasteiger partial charge is 0.230 e. The van der Waals surface area contributed by atoms with E-state index in [2.05, 4.69) is 15.5 Å². The average Bonchev–Trinajstić information content (AvgIpc) is 3.08. The van der Waals surface area contributed by atoms with E-state index in [1.165, 1.54) is 31.0 Å². The molecule has 3 rings (SSSR count). The van der Waals surface area contributed by atoms with Crippen LogP contribution in [-0.2, 0) is 17.9 Å². The van der Waals surface area contributed by atoms with E-state index < -0.39 is 0 Å². The first-order chi connectivity index (χ1) is 13.6. The molecule has 1 heterocycles. The summed E-state index contributed by atoms with van der Waals surface area (Å²) in [6.07, 6.45) is 5.83. The predicted molar refractivity (Wildman–Crippen MR) is 112 cm³/mol. The minimum atomic E-state index is 0.0494. The van der Waals surface area contributed by atoms with Gasteiger partial charge in [-0.15, -0.1) is 10.2 Å². The van der Waals surface area contributed by atoms with Crippen molar-refractivity contribution in [3.05, 3.63) is 34.1 Å². The molecule has 0 atom stereocenters. The van der Waals surface area contributed by atoms with Crippen molar-refractivity contribution in [2.45, 2.75) is 63.4 Å². The van der Waals surface area contributed by atoms with Crippen molar-refractivity contribution in [3.63, 3.8) is 0 Å². The highest BCUT2D eigenvalue weighted by Gasteiger charge is 2.18. The number of hydrogen-bond acceptors (Lipinski definition) is 5. The molecule has 1 aromatic carbocycles. The van der Waals surface area contributed by atoms with Gasteiger partial charge in [0.1, 0.15) is 12.4 Å². The third-order valence-electron chi connectivity index (χ3n) is 4.66. The summed E-state index contributed by atoms with van der Waals surface area (Å²) in [5, 5.41) is 13.3. The van der Waals surface area contributed by atoms with Gasteiger partial charge in [-0.2, -0.15) is 0 Å². The first kappa shape index (κ1) is 21.3. The van der Waals surface area contributed by atoms with E-state index in [0.29, 0.717) is 45.1 Å². The lowest BCUT2D eigenvalue weighted by atomic mass is 9.95. The van der Waals surface area contributed by atoms with Crippen molar-refractivity contribution in [1.82, 2.24) is 20.1 Å². The van der Waals surface area contributed by atoms with Crippen molar-refractivity contribution in [3.8, 4) is 5.75 Å². The Labute approximate surface area is 179 Å². The highest BCUT2D eigenvalue weighted by molar-refractivity contribution is 7.99. The number of aromatic nitrogens is 3. The lowest BCUT2D eigenvalue weighted by Gasteiger charge is -2.22. The van der Waals surface area contributed by atoms with Gasteiger partial charge in [-0.25, -0.2) is 0 Å². The molecular formula is C19H24Cl2N4O2S. The number of halogens is 2. The summed E-state index contributed by atoms with van der Waals surface area (Å²) >= 11 is 13.4. The minimum absolute atomic E-state index is 0.0494. The quantitative estimate of drug-likeness (QED) is 0.598. The van der Waals surface area contributed by atoms with Crippen molar-refractivity contribution >= 4 is 40.9 Å². The van der Waals surface area contributed by atoms with E-state index in [4.69, 9.17) is 27.9 Å². The van der Waals surface area contributed by atoms with Gasteiger partial charge in [0, 0.05) is 17.6 Å². The topological polar surface area (TPSA) is 69.0 Å². The summed E-state index contributed by atoms with van der Waals surface area (Å²) in [5.41, 5.74) is 0. The molecule has 152 valence electrons. The van der Waals surface area contributed by atoms with E-state index in [0.717, 1.165) is 12.8 Å². The fraction of sp³-hybridized carbons (Fsp3) is 0.526. The van der Waals surface area contributed by atoms with Crippen molar-refractivity contribution in [1.29, 1.82) is 0 Å². The molecule has 6 nitrogen and oxygen atoms in total. The zero-order valence-corrected chi connectivity index (χ0v) is 18.1. The van der Waals surface area contributed by atoms with Crippen LogP contribution in [0.1, 0.15) is 44.9 Å². The molecule has 1 saturated carbocycles. The van der Waals surface area contributed by atoms with Gasteiger partial charge in [0.2, 0.25) is 5.91 Å². The molecule has 1 amide bonds. The van der Waals surface area contributed by atoms with Crippen LogP contribution in [0.4, 0.5) is 0 Å². The van der Waals surface area contributed by atoms with E-state index in [1.54, 1.807) is 18.2 Å². The number of carbonyl (C=O) groups excluding carboxylic acids is 1. The summed E-state index contributed by atoms with van der Waals surface area (Å²) < 4.78 is 7.70. The lowest BCUT2D eigenvalue weighted by molar-refractivity contribution is -0.119. The first-order valence-corrected chi connectivity index (χ1v) is 11.2. The van der Waals surface area contributed by atoms with Gasteiger partial charge >= 0.3 is 0 Å². The molecule has 1 aromatic heterocycles. The number of benzene rings is 1. The SMILES string of the molecule is CCn1c(COc2ccc(Cl)cc2Cl)nnc1SCC(=O)NC1CCCCC1. The third kappa shape index (κ3) is 5.78. The van der Waals surface area contributed by atoms with Crippen LogP contribution in [0, 0.1) is 0 Å². The number of amides is 1. The monoisotopic (exact) mass is 442 g/mol. The maximum Gasteiger partial charge on any atom is 0.230 e. The normalized spacial score (nSPS) is 14.8. The third-order valence-corrected chi connectivity index (χ3v) is 6.16.